The maximum Gasteiger partial charge on any atom is 0.237 e. The molecule has 1 saturated heterocycles. The van der Waals surface area contributed by atoms with Gasteiger partial charge in [-0.3, -0.25) is 4.79 Å². The molecule has 4 nitrogen and oxygen atoms in total. The molecule has 0 radical (unpaired) electrons. The van der Waals surface area contributed by atoms with Crippen LogP contribution in [0.1, 0.15) is 68.6 Å². The van der Waals surface area contributed by atoms with Crippen LogP contribution in [0.2, 0.25) is 0 Å². The van der Waals surface area contributed by atoms with Gasteiger partial charge in [0.05, 0.1) is 18.8 Å². The Kier molecular flexibility index (Phi) is 11.0. The highest BCUT2D eigenvalue weighted by Gasteiger charge is 2.29. The standard InChI is InChI=1S/C29H38N2O2/c1-2-3-4-5-6-8-14-25-16-18-26(19-17-25)23-33-27-21-28(31-22-27)29(32)30-20-11-15-24-12-9-7-10-13-24/h7,9-10,12-13,16-19,27-28,31H,2-6,11,15,20-23H2,1H3,(H,30,32)/t27-,28+/m1/s1. The van der Waals surface area contributed by atoms with E-state index in [1.807, 2.05) is 6.07 Å². The Hall–Kier alpha value is -2.61. The predicted octanol–water partition coefficient (Wildman–Crippen LogP) is 5.00. The zero-order valence-corrected chi connectivity index (χ0v) is 19.9. The van der Waals surface area contributed by atoms with Crippen molar-refractivity contribution in [3.8, 4) is 11.8 Å². The molecule has 2 aromatic rings. The minimum absolute atomic E-state index is 0.0626. The molecule has 2 aromatic carbocycles. The number of carbonyl (C=O) groups excluding carboxylic acids is 1. The van der Waals surface area contributed by atoms with E-state index in [9.17, 15) is 4.79 Å². The van der Waals surface area contributed by atoms with Crippen molar-refractivity contribution >= 4 is 5.91 Å². The molecule has 0 spiro atoms. The molecule has 0 aliphatic carbocycles. The van der Waals surface area contributed by atoms with Gasteiger partial charge in [-0.1, -0.05) is 80.5 Å². The number of aryl methyl sites for hydroxylation is 1. The first-order valence-electron chi connectivity index (χ1n) is 12.5. The minimum atomic E-state index is -0.165. The third kappa shape index (κ3) is 9.42. The van der Waals surface area contributed by atoms with Gasteiger partial charge in [-0.05, 0) is 48.9 Å². The summed E-state index contributed by atoms with van der Waals surface area (Å²) in [5, 5.41) is 6.35. The van der Waals surface area contributed by atoms with Crippen LogP contribution in [-0.2, 0) is 22.6 Å². The normalized spacial score (nSPS) is 17.4. The van der Waals surface area contributed by atoms with Crippen molar-refractivity contribution in [1.82, 2.24) is 10.6 Å². The van der Waals surface area contributed by atoms with Crippen molar-refractivity contribution < 1.29 is 9.53 Å². The molecule has 1 amide bonds. The van der Waals surface area contributed by atoms with Gasteiger partial charge in [0.1, 0.15) is 0 Å². The summed E-state index contributed by atoms with van der Waals surface area (Å²) in [7, 11) is 0. The van der Waals surface area contributed by atoms with Gasteiger partial charge in [0.25, 0.3) is 0 Å². The van der Waals surface area contributed by atoms with Gasteiger partial charge < -0.3 is 15.4 Å². The molecule has 0 bridgehead atoms. The van der Waals surface area contributed by atoms with E-state index in [4.69, 9.17) is 4.74 Å². The molecule has 4 heteroatoms. The lowest BCUT2D eigenvalue weighted by atomic mass is 10.1. The molecule has 3 rings (SSSR count). The number of amides is 1. The first-order chi connectivity index (χ1) is 16.2. The molecule has 33 heavy (non-hydrogen) atoms. The minimum Gasteiger partial charge on any atom is -0.372 e. The second-order valence-corrected chi connectivity index (χ2v) is 8.82. The number of hydrogen-bond donors (Lipinski definition) is 2. The van der Waals surface area contributed by atoms with Gasteiger partial charge in [-0.15, -0.1) is 0 Å². The number of unbranched alkanes of at least 4 members (excludes halogenated alkanes) is 4. The highest BCUT2D eigenvalue weighted by Crippen LogP contribution is 2.14. The summed E-state index contributed by atoms with van der Waals surface area (Å²) in [5.41, 5.74) is 3.50. The zero-order valence-electron chi connectivity index (χ0n) is 19.9. The Morgan fingerprint density at radius 1 is 1.03 bits per heavy atom. The largest absolute Gasteiger partial charge is 0.372 e. The molecular weight excluding hydrogens is 408 g/mol. The molecule has 176 valence electrons. The summed E-state index contributed by atoms with van der Waals surface area (Å²) in [6.07, 6.45) is 8.70. The highest BCUT2D eigenvalue weighted by molar-refractivity contribution is 5.82. The molecule has 1 aliphatic rings. The maximum atomic E-state index is 12.4. The Balaban J connectivity index is 1.30. The second kappa shape index (κ2) is 14.5. The van der Waals surface area contributed by atoms with Gasteiger partial charge in [0, 0.05) is 25.1 Å². The highest BCUT2D eigenvalue weighted by atomic mass is 16.5. The Bertz CT molecular complexity index is 883. The summed E-state index contributed by atoms with van der Waals surface area (Å²) in [5.74, 6) is 6.60. The lowest BCUT2D eigenvalue weighted by molar-refractivity contribution is -0.123. The van der Waals surface area contributed by atoms with Crippen LogP contribution < -0.4 is 10.6 Å². The van der Waals surface area contributed by atoms with E-state index in [2.05, 4.69) is 77.9 Å². The van der Waals surface area contributed by atoms with Crippen LogP contribution in [0, 0.1) is 11.8 Å². The number of hydrogen-bond acceptors (Lipinski definition) is 3. The van der Waals surface area contributed by atoms with Crippen molar-refractivity contribution in [1.29, 1.82) is 0 Å². The predicted molar refractivity (Wildman–Crippen MR) is 135 cm³/mol. The van der Waals surface area contributed by atoms with E-state index < -0.39 is 0 Å². The van der Waals surface area contributed by atoms with Gasteiger partial charge in [0.2, 0.25) is 5.91 Å². The fourth-order valence-electron chi connectivity index (χ4n) is 4.01. The Labute approximate surface area is 199 Å². The van der Waals surface area contributed by atoms with E-state index in [1.165, 1.54) is 31.2 Å². The molecule has 2 N–H and O–H groups in total. The fourth-order valence-corrected chi connectivity index (χ4v) is 4.01. The summed E-state index contributed by atoms with van der Waals surface area (Å²) in [6.45, 7) is 4.20. The fraction of sp³-hybridized carbons (Fsp3) is 0.483. The lowest BCUT2D eigenvalue weighted by Crippen LogP contribution is -2.40. The summed E-state index contributed by atoms with van der Waals surface area (Å²) < 4.78 is 6.05. The summed E-state index contributed by atoms with van der Waals surface area (Å²) in [4.78, 5) is 12.4. The first kappa shape index (κ1) is 25.0. The maximum absolute atomic E-state index is 12.4. The molecular formula is C29H38N2O2. The van der Waals surface area contributed by atoms with Gasteiger partial charge >= 0.3 is 0 Å². The molecule has 0 unspecified atom stereocenters. The Morgan fingerprint density at radius 2 is 1.85 bits per heavy atom. The van der Waals surface area contributed by atoms with Crippen LogP contribution in [-0.4, -0.2) is 31.1 Å². The van der Waals surface area contributed by atoms with Crippen molar-refractivity contribution in [3.05, 3.63) is 71.3 Å². The summed E-state index contributed by atoms with van der Waals surface area (Å²) in [6, 6.07) is 18.5. The van der Waals surface area contributed by atoms with Crippen LogP contribution in [0.3, 0.4) is 0 Å². The van der Waals surface area contributed by atoms with Crippen LogP contribution in [0.15, 0.2) is 54.6 Å². The van der Waals surface area contributed by atoms with Gasteiger partial charge in [0.15, 0.2) is 0 Å². The zero-order chi connectivity index (χ0) is 23.1. The second-order valence-electron chi connectivity index (χ2n) is 8.82. The van der Waals surface area contributed by atoms with E-state index >= 15 is 0 Å². The molecule has 2 atom stereocenters. The van der Waals surface area contributed by atoms with Crippen LogP contribution in [0.5, 0.6) is 0 Å². The molecule has 0 saturated carbocycles. The molecule has 1 aliphatic heterocycles. The van der Waals surface area contributed by atoms with Gasteiger partial charge in [-0.25, -0.2) is 0 Å². The number of rotatable bonds is 12. The van der Waals surface area contributed by atoms with Gasteiger partial charge in [-0.2, -0.15) is 0 Å². The number of nitrogens with one attached hydrogen (secondary N) is 2. The van der Waals surface area contributed by atoms with Crippen molar-refractivity contribution in [2.24, 2.45) is 0 Å². The number of benzene rings is 2. The van der Waals surface area contributed by atoms with E-state index in [0.717, 1.165) is 30.4 Å². The number of carbonyl (C=O) groups is 1. The van der Waals surface area contributed by atoms with E-state index in [-0.39, 0.29) is 18.1 Å². The lowest BCUT2D eigenvalue weighted by Gasteiger charge is -2.12. The molecule has 1 fully saturated rings. The van der Waals surface area contributed by atoms with Crippen molar-refractivity contribution in [2.45, 2.75) is 77.0 Å². The van der Waals surface area contributed by atoms with E-state index in [0.29, 0.717) is 26.1 Å². The molecule has 0 aromatic heterocycles. The van der Waals surface area contributed by atoms with E-state index in [1.54, 1.807) is 0 Å². The first-order valence-corrected chi connectivity index (χ1v) is 12.5. The smallest absolute Gasteiger partial charge is 0.237 e. The van der Waals surface area contributed by atoms with Crippen molar-refractivity contribution in [3.63, 3.8) is 0 Å². The molecule has 1 heterocycles. The third-order valence-corrected chi connectivity index (χ3v) is 6.02. The van der Waals surface area contributed by atoms with Crippen LogP contribution >= 0.6 is 0 Å². The summed E-state index contributed by atoms with van der Waals surface area (Å²) >= 11 is 0. The van der Waals surface area contributed by atoms with Crippen LogP contribution in [0.4, 0.5) is 0 Å². The van der Waals surface area contributed by atoms with Crippen LogP contribution in [0.25, 0.3) is 0 Å². The number of ether oxygens (including phenoxy) is 1. The van der Waals surface area contributed by atoms with Crippen molar-refractivity contribution in [2.75, 3.05) is 13.1 Å². The average Bonchev–Trinajstić information content (AvgIpc) is 3.33. The third-order valence-electron chi connectivity index (χ3n) is 6.02. The quantitative estimate of drug-likeness (QED) is 0.356. The average molecular weight is 447 g/mol. The topological polar surface area (TPSA) is 50.4 Å². The Morgan fingerprint density at radius 3 is 2.64 bits per heavy atom. The monoisotopic (exact) mass is 446 g/mol. The SMILES string of the molecule is CCCCCCC#Cc1ccc(CO[C@H]2CN[C@H](C(=O)NCCCc3ccccc3)C2)cc1.